The van der Waals surface area contributed by atoms with Crippen LogP contribution >= 0.6 is 0 Å². The van der Waals surface area contributed by atoms with Gasteiger partial charge in [-0.1, -0.05) is 30.3 Å². The predicted octanol–water partition coefficient (Wildman–Crippen LogP) is 4.00. The topological polar surface area (TPSA) is 91.8 Å². The number of fused-ring (bicyclic) bond motifs is 2. The highest BCUT2D eigenvalue weighted by atomic mass is 16.5. The third-order valence-corrected chi connectivity index (χ3v) is 10.5. The number of aryl methyl sites for hydroxylation is 1. The first-order valence-electron chi connectivity index (χ1n) is 17.0. The van der Waals surface area contributed by atoms with E-state index in [1.807, 2.05) is 4.90 Å². The standard InChI is InChI=1S/C36H46N8O2/c1-24(2)44-22-32(44)35(45)43-19-18-42(20-27(43)13-15-37)34-29-14-17-41(31-12-6-10-26-9-5-8-25(3)33(26)31)21-30(29)38-36(39-34)46-23-28-11-7-16-40(28)4/h5-6,8-10,12,24,27-28,32H,7,11,13-14,16-23H2,1-4H3/t27-,28-,32?,44?/m0/s1. The summed E-state index contributed by atoms with van der Waals surface area (Å²) in [5.41, 5.74) is 4.65. The van der Waals surface area contributed by atoms with Crippen molar-refractivity contribution in [2.75, 3.05) is 62.7 Å². The number of nitrogens with zero attached hydrogens (tertiary/aromatic N) is 8. The molecular weight excluding hydrogens is 576 g/mol. The number of likely N-dealkylation sites (N-methyl/N-ethyl adjacent to an activating group) is 1. The van der Waals surface area contributed by atoms with Crippen molar-refractivity contribution in [2.45, 2.75) is 77.2 Å². The number of ether oxygens (including phenoxy) is 1. The quantitative estimate of drug-likeness (QED) is 0.346. The highest BCUT2D eigenvalue weighted by molar-refractivity contribution is 5.97. The lowest BCUT2D eigenvalue weighted by Crippen LogP contribution is -2.57. The van der Waals surface area contributed by atoms with Crippen LogP contribution in [0.1, 0.15) is 49.9 Å². The summed E-state index contributed by atoms with van der Waals surface area (Å²) < 4.78 is 6.36. The van der Waals surface area contributed by atoms with Crippen molar-refractivity contribution in [1.82, 2.24) is 24.7 Å². The number of piperazine rings is 1. The van der Waals surface area contributed by atoms with Crippen LogP contribution in [0.2, 0.25) is 0 Å². The van der Waals surface area contributed by atoms with Crippen molar-refractivity contribution in [3.8, 4) is 12.1 Å². The molecule has 4 aliphatic rings. The zero-order valence-corrected chi connectivity index (χ0v) is 27.7. The Morgan fingerprint density at radius 3 is 2.61 bits per heavy atom. The van der Waals surface area contributed by atoms with E-state index in [4.69, 9.17) is 14.7 Å². The molecule has 1 aromatic heterocycles. The highest BCUT2D eigenvalue weighted by Crippen LogP contribution is 2.36. The average molecular weight is 623 g/mol. The average Bonchev–Trinajstić information content (AvgIpc) is 3.77. The van der Waals surface area contributed by atoms with Crippen LogP contribution in [0.4, 0.5) is 11.5 Å². The van der Waals surface area contributed by atoms with Gasteiger partial charge in [-0.25, -0.2) is 0 Å². The number of nitriles is 1. The largest absolute Gasteiger partial charge is 0.462 e. The Labute approximate surface area is 272 Å². The maximum Gasteiger partial charge on any atom is 0.318 e. The van der Waals surface area contributed by atoms with Gasteiger partial charge in [-0.2, -0.15) is 15.2 Å². The second kappa shape index (κ2) is 12.7. The molecule has 4 atom stereocenters. The summed E-state index contributed by atoms with van der Waals surface area (Å²) in [6, 6.07) is 16.3. The summed E-state index contributed by atoms with van der Waals surface area (Å²) >= 11 is 0. The number of hydrogen-bond donors (Lipinski definition) is 0. The van der Waals surface area contributed by atoms with Crippen LogP contribution in [-0.4, -0.2) is 108 Å². The molecule has 242 valence electrons. The van der Waals surface area contributed by atoms with E-state index in [0.717, 1.165) is 49.6 Å². The van der Waals surface area contributed by atoms with Crippen molar-refractivity contribution in [2.24, 2.45) is 0 Å². The molecule has 3 saturated heterocycles. The smallest absolute Gasteiger partial charge is 0.318 e. The van der Waals surface area contributed by atoms with Crippen LogP contribution in [0.15, 0.2) is 36.4 Å². The molecule has 10 heteroatoms. The third-order valence-electron chi connectivity index (χ3n) is 10.5. The minimum absolute atomic E-state index is 0.0584. The maximum atomic E-state index is 13.5. The van der Waals surface area contributed by atoms with Crippen LogP contribution < -0.4 is 14.5 Å². The molecule has 0 saturated carbocycles. The van der Waals surface area contributed by atoms with Crippen LogP contribution in [0.5, 0.6) is 6.01 Å². The van der Waals surface area contributed by atoms with Crippen molar-refractivity contribution in [3.05, 3.63) is 53.2 Å². The van der Waals surface area contributed by atoms with Gasteiger partial charge in [0.05, 0.1) is 30.8 Å². The lowest BCUT2D eigenvalue weighted by Gasteiger charge is -2.42. The number of anilines is 2. The van der Waals surface area contributed by atoms with Gasteiger partial charge in [0, 0.05) is 61.4 Å². The summed E-state index contributed by atoms with van der Waals surface area (Å²) in [5.74, 6) is 1.06. The van der Waals surface area contributed by atoms with E-state index in [0.29, 0.717) is 57.3 Å². The number of aromatic nitrogens is 2. The zero-order valence-electron chi connectivity index (χ0n) is 27.7. The fourth-order valence-electron chi connectivity index (χ4n) is 7.80. The van der Waals surface area contributed by atoms with Gasteiger partial charge >= 0.3 is 6.01 Å². The summed E-state index contributed by atoms with van der Waals surface area (Å²) in [6.45, 7) is 12.2. The molecule has 0 bridgehead atoms. The van der Waals surface area contributed by atoms with Gasteiger partial charge in [0.2, 0.25) is 5.91 Å². The Bertz CT molecular complexity index is 1650. The summed E-state index contributed by atoms with van der Waals surface area (Å²) in [6.07, 6.45) is 3.41. The van der Waals surface area contributed by atoms with Crippen LogP contribution in [-0.2, 0) is 17.8 Å². The molecular formula is C36H46N8O2. The lowest BCUT2D eigenvalue weighted by atomic mass is 9.99. The monoisotopic (exact) mass is 622 g/mol. The normalized spacial score (nSPS) is 24.7. The summed E-state index contributed by atoms with van der Waals surface area (Å²) in [7, 11) is 2.16. The number of rotatable bonds is 8. The lowest BCUT2D eigenvalue weighted by molar-refractivity contribution is -0.134. The molecule has 4 aliphatic heterocycles. The van der Waals surface area contributed by atoms with E-state index in [-0.39, 0.29) is 18.0 Å². The van der Waals surface area contributed by atoms with E-state index in [1.165, 1.54) is 28.4 Å². The Morgan fingerprint density at radius 1 is 1.04 bits per heavy atom. The first-order chi connectivity index (χ1) is 22.3. The third kappa shape index (κ3) is 5.87. The van der Waals surface area contributed by atoms with Crippen molar-refractivity contribution >= 4 is 28.2 Å². The first kappa shape index (κ1) is 30.7. The number of hydrogen-bond acceptors (Lipinski definition) is 9. The molecule has 10 nitrogen and oxygen atoms in total. The molecule has 0 radical (unpaired) electrons. The molecule has 0 N–H and O–H groups in total. The van der Waals surface area contributed by atoms with E-state index in [9.17, 15) is 10.1 Å². The molecule has 3 fully saturated rings. The van der Waals surface area contributed by atoms with Gasteiger partial charge in [-0.15, -0.1) is 0 Å². The summed E-state index contributed by atoms with van der Waals surface area (Å²) in [5, 5.41) is 12.3. The highest BCUT2D eigenvalue weighted by Gasteiger charge is 2.46. The second-order valence-electron chi connectivity index (χ2n) is 13.8. The predicted molar refractivity (Wildman–Crippen MR) is 180 cm³/mol. The molecule has 46 heavy (non-hydrogen) atoms. The molecule has 1 amide bonds. The number of benzene rings is 2. The molecule has 0 spiro atoms. The van der Waals surface area contributed by atoms with Crippen LogP contribution in [0.3, 0.4) is 0 Å². The van der Waals surface area contributed by atoms with Crippen LogP contribution in [0.25, 0.3) is 10.8 Å². The molecule has 3 aromatic rings. The van der Waals surface area contributed by atoms with Crippen molar-refractivity contribution in [1.29, 1.82) is 5.26 Å². The molecule has 2 unspecified atom stereocenters. The fourth-order valence-corrected chi connectivity index (χ4v) is 7.80. The van der Waals surface area contributed by atoms with E-state index in [1.54, 1.807) is 0 Å². The number of likely N-dealkylation sites (tertiary alicyclic amines) is 1. The van der Waals surface area contributed by atoms with Gasteiger partial charge in [-0.05, 0) is 70.6 Å². The number of carbonyl (C=O) groups excluding carboxylic acids is 1. The van der Waals surface area contributed by atoms with Crippen molar-refractivity contribution < 1.29 is 9.53 Å². The molecule has 5 heterocycles. The van der Waals surface area contributed by atoms with Gasteiger partial charge in [0.25, 0.3) is 0 Å². The zero-order chi connectivity index (χ0) is 31.9. The minimum atomic E-state index is -0.179. The molecule has 2 aromatic carbocycles. The van der Waals surface area contributed by atoms with Crippen molar-refractivity contribution in [3.63, 3.8) is 0 Å². The van der Waals surface area contributed by atoms with E-state index < -0.39 is 0 Å². The minimum Gasteiger partial charge on any atom is -0.462 e. The number of amides is 1. The molecule has 7 rings (SSSR count). The first-order valence-corrected chi connectivity index (χ1v) is 17.0. The summed E-state index contributed by atoms with van der Waals surface area (Å²) in [4.78, 5) is 34.9. The molecule has 0 aliphatic carbocycles. The Balaban J connectivity index is 1.18. The number of carbonyl (C=O) groups is 1. The maximum absolute atomic E-state index is 13.5. The Kier molecular flexibility index (Phi) is 8.47. The Morgan fingerprint density at radius 2 is 1.87 bits per heavy atom. The fraction of sp³-hybridized carbons (Fsp3) is 0.556. The van der Waals surface area contributed by atoms with Gasteiger partial charge in [-0.3, -0.25) is 9.69 Å². The SMILES string of the molecule is Cc1cccc2cccc(N3CCc4c(nc(OC[C@@H]5CCCN5C)nc4N4CCN(C(=O)C5CN5C(C)C)[C@@H](CC#N)C4)C3)c12. The van der Waals surface area contributed by atoms with Gasteiger partial charge < -0.3 is 24.3 Å². The van der Waals surface area contributed by atoms with Gasteiger partial charge in [0.1, 0.15) is 18.5 Å². The van der Waals surface area contributed by atoms with Crippen LogP contribution in [0, 0.1) is 18.3 Å². The Hall–Kier alpha value is -3.94. The van der Waals surface area contributed by atoms with E-state index >= 15 is 0 Å². The van der Waals surface area contributed by atoms with E-state index in [2.05, 4.69) is 89.9 Å². The second-order valence-corrected chi connectivity index (χ2v) is 13.8. The van der Waals surface area contributed by atoms with Gasteiger partial charge in [0.15, 0.2) is 0 Å².